The molecule has 0 aliphatic carbocycles. The molecular weight excluding hydrogens is 450 g/mol. The lowest BCUT2D eigenvalue weighted by molar-refractivity contribution is -0.395. The van der Waals surface area contributed by atoms with Crippen molar-refractivity contribution in [2.75, 3.05) is 0 Å². The molecule has 3 rings (SSSR count). The average Bonchev–Trinajstić information content (AvgIpc) is 2.77. The second kappa shape index (κ2) is 9.48. The number of nitro groups is 2. The molecule has 0 aliphatic heterocycles. The molecule has 0 radical (unpaired) electrons. The molecule has 2 aromatic carbocycles. The Hall–Kier alpha value is -4.61. The molecule has 34 heavy (non-hydrogen) atoms. The molecule has 0 spiro atoms. The van der Waals surface area contributed by atoms with E-state index in [-0.39, 0.29) is 28.5 Å². The van der Waals surface area contributed by atoms with Crippen LogP contribution in [0, 0.1) is 27.2 Å². The summed E-state index contributed by atoms with van der Waals surface area (Å²) in [6.07, 6.45) is 0.673. The zero-order valence-corrected chi connectivity index (χ0v) is 18.3. The van der Waals surface area contributed by atoms with Gasteiger partial charge >= 0.3 is 11.6 Å². The quantitative estimate of drug-likeness (QED) is 0.178. The summed E-state index contributed by atoms with van der Waals surface area (Å²) >= 11 is 0. The first kappa shape index (κ1) is 24.0. The van der Waals surface area contributed by atoms with Gasteiger partial charge in [0.25, 0.3) is 17.3 Å². The second-order valence-electron chi connectivity index (χ2n) is 7.47. The molecule has 0 aliphatic rings. The summed E-state index contributed by atoms with van der Waals surface area (Å²) in [5.74, 6) is -1.75. The molecule has 3 aromatic rings. The molecule has 176 valence electrons. The van der Waals surface area contributed by atoms with Gasteiger partial charge in [-0.05, 0) is 38.5 Å². The summed E-state index contributed by atoms with van der Waals surface area (Å²) in [7, 11) is 0. The molecule has 0 saturated carbocycles. The summed E-state index contributed by atoms with van der Waals surface area (Å²) in [4.78, 5) is 57.9. The third-order valence-electron chi connectivity index (χ3n) is 5.13. The molecular formula is C22H19N3O9. The lowest BCUT2D eigenvalue weighted by atomic mass is 10.1. The Morgan fingerprint density at radius 2 is 1.71 bits per heavy atom. The van der Waals surface area contributed by atoms with Gasteiger partial charge in [0.2, 0.25) is 0 Å². The van der Waals surface area contributed by atoms with Crippen molar-refractivity contribution in [1.29, 1.82) is 0 Å². The molecule has 1 atom stereocenters. The van der Waals surface area contributed by atoms with Crippen LogP contribution in [-0.4, -0.2) is 27.8 Å². The second-order valence-corrected chi connectivity index (χ2v) is 7.47. The van der Waals surface area contributed by atoms with E-state index in [0.717, 1.165) is 12.1 Å². The van der Waals surface area contributed by atoms with Crippen LogP contribution in [0.25, 0.3) is 11.0 Å². The maximum Gasteiger partial charge on any atom is 0.349 e. The number of amides is 1. The average molecular weight is 469 g/mol. The number of benzene rings is 2. The van der Waals surface area contributed by atoms with Crippen molar-refractivity contribution in [3.63, 3.8) is 0 Å². The third-order valence-corrected chi connectivity index (χ3v) is 5.13. The molecule has 0 saturated heterocycles. The summed E-state index contributed by atoms with van der Waals surface area (Å²) in [5, 5.41) is 25.5. The number of nitro benzene ring substituents is 2. The Balaban J connectivity index is 1.92. The minimum Gasteiger partial charge on any atom is -0.423 e. The van der Waals surface area contributed by atoms with Crippen LogP contribution < -0.4 is 15.7 Å². The van der Waals surface area contributed by atoms with Gasteiger partial charge in [0.15, 0.2) is 0 Å². The van der Waals surface area contributed by atoms with E-state index in [9.17, 15) is 34.6 Å². The van der Waals surface area contributed by atoms with Crippen LogP contribution in [0.3, 0.4) is 0 Å². The van der Waals surface area contributed by atoms with Crippen LogP contribution >= 0.6 is 0 Å². The van der Waals surface area contributed by atoms with E-state index in [1.165, 1.54) is 31.2 Å². The van der Waals surface area contributed by atoms with Gasteiger partial charge in [-0.2, -0.15) is 0 Å². The first-order valence-corrected chi connectivity index (χ1v) is 10.1. The molecule has 1 amide bonds. The van der Waals surface area contributed by atoms with Gasteiger partial charge in [-0.15, -0.1) is 0 Å². The highest BCUT2D eigenvalue weighted by Crippen LogP contribution is 2.30. The van der Waals surface area contributed by atoms with Crippen molar-refractivity contribution >= 4 is 34.2 Å². The summed E-state index contributed by atoms with van der Waals surface area (Å²) in [6, 6.07) is 6.99. The molecule has 0 bridgehead atoms. The number of nitrogens with zero attached hydrogens (tertiary/aromatic N) is 2. The number of ether oxygens (including phenoxy) is 1. The third kappa shape index (κ3) is 4.90. The number of carbonyl (C=O) groups excluding carboxylic acids is 2. The van der Waals surface area contributed by atoms with E-state index in [0.29, 0.717) is 11.8 Å². The number of hydrogen-bond acceptors (Lipinski definition) is 9. The lowest BCUT2D eigenvalue weighted by Crippen LogP contribution is -2.34. The van der Waals surface area contributed by atoms with Gasteiger partial charge in [0, 0.05) is 29.6 Å². The Labute approximate surface area is 191 Å². The Kier molecular flexibility index (Phi) is 6.71. The van der Waals surface area contributed by atoms with E-state index >= 15 is 0 Å². The van der Waals surface area contributed by atoms with Crippen LogP contribution in [0.15, 0.2) is 45.6 Å². The van der Waals surface area contributed by atoms with Crippen LogP contribution in [0.1, 0.15) is 46.5 Å². The first-order chi connectivity index (χ1) is 16.0. The van der Waals surface area contributed by atoms with Gasteiger partial charge in [0.1, 0.15) is 22.5 Å². The molecule has 12 heteroatoms. The van der Waals surface area contributed by atoms with E-state index < -0.39 is 44.3 Å². The fraction of sp³-hybridized carbons (Fsp3) is 0.227. The van der Waals surface area contributed by atoms with E-state index in [1.54, 1.807) is 6.92 Å². The van der Waals surface area contributed by atoms with E-state index in [2.05, 4.69) is 5.32 Å². The zero-order chi connectivity index (χ0) is 25.2. The minimum absolute atomic E-state index is 0.0243. The van der Waals surface area contributed by atoms with Gasteiger partial charge in [-0.1, -0.05) is 6.92 Å². The molecule has 0 fully saturated rings. The fourth-order valence-electron chi connectivity index (χ4n) is 3.06. The molecule has 1 unspecified atom stereocenters. The lowest BCUT2D eigenvalue weighted by Gasteiger charge is -2.11. The van der Waals surface area contributed by atoms with E-state index in [1.807, 2.05) is 6.92 Å². The van der Waals surface area contributed by atoms with Crippen molar-refractivity contribution in [3.8, 4) is 5.75 Å². The molecule has 1 aromatic heterocycles. The van der Waals surface area contributed by atoms with Gasteiger partial charge in [-0.25, -0.2) is 9.59 Å². The highest BCUT2D eigenvalue weighted by atomic mass is 16.6. The highest BCUT2D eigenvalue weighted by molar-refractivity contribution is 5.97. The predicted octanol–water partition coefficient (Wildman–Crippen LogP) is 3.67. The van der Waals surface area contributed by atoms with Crippen LogP contribution in [0.2, 0.25) is 0 Å². The number of rotatable bonds is 7. The van der Waals surface area contributed by atoms with Crippen molar-refractivity contribution in [1.82, 2.24) is 5.32 Å². The standard InChI is InChI=1S/C22H19N3O9/c1-4-11(2)23-20(26)16-7-13-5-6-15(10-19(13)34-22(16)28)33-21(27)14-8-17(24(29)30)12(3)18(9-14)25(31)32/h5-11H,4H2,1-3H3,(H,23,26). The van der Waals surface area contributed by atoms with Crippen molar-refractivity contribution < 1.29 is 28.6 Å². The minimum atomic E-state index is -1.09. The fourth-order valence-corrected chi connectivity index (χ4v) is 3.06. The van der Waals surface area contributed by atoms with Crippen LogP contribution in [0.5, 0.6) is 5.75 Å². The summed E-state index contributed by atoms with van der Waals surface area (Å²) in [6.45, 7) is 4.87. The zero-order valence-electron chi connectivity index (χ0n) is 18.3. The SMILES string of the molecule is CCC(C)NC(=O)c1cc2ccc(OC(=O)c3cc([N+](=O)[O-])c(C)c([N+](=O)[O-])c3)cc2oc1=O. The monoisotopic (exact) mass is 469 g/mol. The van der Waals surface area contributed by atoms with Gasteiger partial charge < -0.3 is 14.5 Å². The Morgan fingerprint density at radius 1 is 1.09 bits per heavy atom. The largest absolute Gasteiger partial charge is 0.423 e. The number of carbonyl (C=O) groups is 2. The molecule has 1 heterocycles. The number of esters is 1. The summed E-state index contributed by atoms with van der Waals surface area (Å²) in [5.41, 5.74) is -2.85. The number of fused-ring (bicyclic) bond motifs is 1. The van der Waals surface area contributed by atoms with Gasteiger partial charge in [0.05, 0.1) is 15.4 Å². The van der Waals surface area contributed by atoms with Crippen molar-refractivity contribution in [2.24, 2.45) is 0 Å². The predicted molar refractivity (Wildman–Crippen MR) is 119 cm³/mol. The highest BCUT2D eigenvalue weighted by Gasteiger charge is 2.26. The van der Waals surface area contributed by atoms with Gasteiger partial charge in [-0.3, -0.25) is 25.0 Å². The maximum absolute atomic E-state index is 12.5. The maximum atomic E-state index is 12.5. The number of hydrogen-bond donors (Lipinski definition) is 1. The first-order valence-electron chi connectivity index (χ1n) is 10.1. The van der Waals surface area contributed by atoms with Crippen LogP contribution in [-0.2, 0) is 0 Å². The smallest absolute Gasteiger partial charge is 0.349 e. The summed E-state index contributed by atoms with van der Waals surface area (Å²) < 4.78 is 10.4. The normalized spacial score (nSPS) is 11.6. The van der Waals surface area contributed by atoms with Crippen molar-refractivity contribution in [2.45, 2.75) is 33.2 Å². The van der Waals surface area contributed by atoms with Crippen LogP contribution in [0.4, 0.5) is 11.4 Å². The number of nitrogens with one attached hydrogen (secondary N) is 1. The topological polar surface area (TPSA) is 172 Å². The Bertz CT molecular complexity index is 1360. The molecule has 1 N–H and O–H groups in total. The van der Waals surface area contributed by atoms with E-state index in [4.69, 9.17) is 9.15 Å². The molecule has 12 nitrogen and oxygen atoms in total. The Morgan fingerprint density at radius 3 is 2.26 bits per heavy atom. The van der Waals surface area contributed by atoms with Crippen molar-refractivity contribution in [3.05, 3.63) is 83.7 Å².